The van der Waals surface area contributed by atoms with Gasteiger partial charge in [-0.15, -0.1) is 0 Å². The van der Waals surface area contributed by atoms with E-state index in [-0.39, 0.29) is 39.7 Å². The van der Waals surface area contributed by atoms with E-state index in [1.165, 1.54) is 19.2 Å². The molecule has 0 aliphatic heterocycles. The van der Waals surface area contributed by atoms with Gasteiger partial charge in [0, 0.05) is 30.2 Å². The van der Waals surface area contributed by atoms with Crippen molar-refractivity contribution in [3.63, 3.8) is 0 Å². The van der Waals surface area contributed by atoms with Gasteiger partial charge in [-0.1, -0.05) is 36.2 Å². The lowest BCUT2D eigenvalue weighted by Gasteiger charge is -2.14. The number of anilines is 2. The molecule has 3 amide bonds. The lowest BCUT2D eigenvalue weighted by atomic mass is 10.1. The van der Waals surface area contributed by atoms with Crippen molar-refractivity contribution in [3.05, 3.63) is 52.0 Å². The van der Waals surface area contributed by atoms with Gasteiger partial charge < -0.3 is 20.7 Å². The molecule has 0 heterocycles. The molecular formula is C20H21Cl2N3O4. The fourth-order valence-electron chi connectivity index (χ4n) is 2.39. The number of amides is 3. The second-order valence-electron chi connectivity index (χ2n) is 6.05. The van der Waals surface area contributed by atoms with Gasteiger partial charge in [0.05, 0.1) is 16.3 Å². The molecule has 2 aromatic carbocycles. The van der Waals surface area contributed by atoms with E-state index in [1.54, 1.807) is 24.3 Å². The summed E-state index contributed by atoms with van der Waals surface area (Å²) in [4.78, 5) is 36.1. The van der Waals surface area contributed by atoms with Gasteiger partial charge in [0.1, 0.15) is 5.75 Å². The highest BCUT2D eigenvalue weighted by Gasteiger charge is 2.18. The minimum Gasteiger partial charge on any atom is -0.484 e. The van der Waals surface area contributed by atoms with Gasteiger partial charge in [-0.3, -0.25) is 14.4 Å². The van der Waals surface area contributed by atoms with Crippen molar-refractivity contribution >= 4 is 52.3 Å². The summed E-state index contributed by atoms with van der Waals surface area (Å²) in [6.07, 6.45) is 0.951. The predicted molar refractivity (Wildman–Crippen MR) is 114 cm³/mol. The van der Waals surface area contributed by atoms with E-state index in [1.807, 2.05) is 6.92 Å². The van der Waals surface area contributed by atoms with Gasteiger partial charge in [-0.25, -0.2) is 0 Å². The zero-order valence-corrected chi connectivity index (χ0v) is 17.5. The highest BCUT2D eigenvalue weighted by atomic mass is 35.5. The van der Waals surface area contributed by atoms with Crippen molar-refractivity contribution in [2.24, 2.45) is 0 Å². The monoisotopic (exact) mass is 437 g/mol. The van der Waals surface area contributed by atoms with Gasteiger partial charge in [0.15, 0.2) is 6.61 Å². The van der Waals surface area contributed by atoms with Crippen molar-refractivity contribution < 1.29 is 19.1 Å². The Morgan fingerprint density at radius 1 is 1.03 bits per heavy atom. The topological polar surface area (TPSA) is 96.5 Å². The van der Waals surface area contributed by atoms with Crippen LogP contribution in [-0.4, -0.2) is 31.4 Å². The average Bonchev–Trinajstić information content (AvgIpc) is 2.68. The van der Waals surface area contributed by atoms with Crippen LogP contribution in [0.25, 0.3) is 0 Å². The summed E-state index contributed by atoms with van der Waals surface area (Å²) in [5, 5.41) is 8.25. The summed E-state index contributed by atoms with van der Waals surface area (Å²) in [7, 11) is 1.51. The second kappa shape index (κ2) is 10.7. The first-order valence-corrected chi connectivity index (χ1v) is 9.63. The third-order valence-corrected chi connectivity index (χ3v) is 4.30. The molecule has 0 saturated carbocycles. The molecule has 0 saturated heterocycles. The van der Waals surface area contributed by atoms with Crippen LogP contribution >= 0.6 is 23.2 Å². The molecular weight excluding hydrogens is 417 g/mol. The lowest BCUT2D eigenvalue weighted by molar-refractivity contribution is -0.122. The lowest BCUT2D eigenvalue weighted by Crippen LogP contribution is -2.24. The van der Waals surface area contributed by atoms with Crippen molar-refractivity contribution in [1.29, 1.82) is 0 Å². The minimum absolute atomic E-state index is 0.128. The van der Waals surface area contributed by atoms with Gasteiger partial charge in [-0.05, 0) is 30.7 Å². The van der Waals surface area contributed by atoms with E-state index in [0.717, 1.165) is 0 Å². The molecule has 0 aromatic heterocycles. The van der Waals surface area contributed by atoms with Crippen LogP contribution < -0.4 is 20.7 Å². The van der Waals surface area contributed by atoms with Crippen LogP contribution in [0.2, 0.25) is 10.0 Å². The number of hydrogen-bond donors (Lipinski definition) is 3. The molecule has 0 aliphatic carbocycles. The van der Waals surface area contributed by atoms with Crippen LogP contribution in [0, 0.1) is 0 Å². The molecule has 2 rings (SSSR count). The number of likely N-dealkylation sites (N-methyl/N-ethyl adjacent to an activating group) is 1. The van der Waals surface area contributed by atoms with Crippen LogP contribution in [0.4, 0.5) is 11.4 Å². The molecule has 2 aromatic rings. The van der Waals surface area contributed by atoms with Crippen molar-refractivity contribution in [3.8, 4) is 5.75 Å². The number of carbonyl (C=O) groups excluding carboxylic acids is 3. The first-order valence-electron chi connectivity index (χ1n) is 8.87. The van der Waals surface area contributed by atoms with Crippen LogP contribution in [-0.2, 0) is 9.59 Å². The second-order valence-corrected chi connectivity index (χ2v) is 6.90. The molecule has 154 valence electrons. The zero-order valence-electron chi connectivity index (χ0n) is 16.0. The fraction of sp³-hybridized carbons (Fsp3) is 0.250. The molecule has 0 fully saturated rings. The highest BCUT2D eigenvalue weighted by Crippen LogP contribution is 2.31. The predicted octanol–water partition coefficient (Wildman–Crippen LogP) is 4.11. The van der Waals surface area contributed by atoms with Crippen LogP contribution in [0.15, 0.2) is 36.4 Å². The Kier molecular flexibility index (Phi) is 8.30. The summed E-state index contributed by atoms with van der Waals surface area (Å²) in [5.41, 5.74) is 0.758. The molecule has 0 radical (unpaired) electrons. The van der Waals surface area contributed by atoms with Crippen LogP contribution in [0.5, 0.6) is 5.75 Å². The number of benzene rings is 2. The van der Waals surface area contributed by atoms with E-state index in [2.05, 4.69) is 16.0 Å². The number of hydrogen-bond acceptors (Lipinski definition) is 4. The average molecular weight is 438 g/mol. The van der Waals surface area contributed by atoms with Crippen molar-refractivity contribution in [2.75, 3.05) is 24.3 Å². The quantitative estimate of drug-likeness (QED) is 0.578. The molecule has 0 bridgehead atoms. The Morgan fingerprint density at radius 3 is 2.48 bits per heavy atom. The Morgan fingerprint density at radius 2 is 1.79 bits per heavy atom. The first kappa shape index (κ1) is 22.5. The summed E-state index contributed by atoms with van der Waals surface area (Å²) in [6, 6.07) is 9.44. The zero-order chi connectivity index (χ0) is 21.4. The SMILES string of the molecule is CCCC(=O)Nc1c(Cl)cc(Cl)cc1C(=O)Nc1cccc(OCC(=O)NC)c1. The number of ether oxygens (including phenoxy) is 1. The summed E-state index contributed by atoms with van der Waals surface area (Å²) >= 11 is 12.2. The minimum atomic E-state index is -0.510. The van der Waals surface area contributed by atoms with E-state index in [0.29, 0.717) is 24.3 Å². The molecule has 0 aliphatic rings. The Balaban J connectivity index is 2.22. The van der Waals surface area contributed by atoms with E-state index in [9.17, 15) is 14.4 Å². The molecule has 3 N–H and O–H groups in total. The molecule has 0 spiro atoms. The molecule has 9 heteroatoms. The molecule has 29 heavy (non-hydrogen) atoms. The van der Waals surface area contributed by atoms with Gasteiger partial charge in [-0.2, -0.15) is 0 Å². The summed E-state index contributed by atoms with van der Waals surface area (Å²) < 4.78 is 5.37. The van der Waals surface area contributed by atoms with Crippen molar-refractivity contribution in [2.45, 2.75) is 19.8 Å². The third kappa shape index (κ3) is 6.66. The number of halogens is 2. The first-order chi connectivity index (χ1) is 13.8. The fourth-order valence-corrected chi connectivity index (χ4v) is 2.93. The smallest absolute Gasteiger partial charge is 0.257 e. The summed E-state index contributed by atoms with van der Waals surface area (Å²) in [5.74, 6) is -0.632. The summed E-state index contributed by atoms with van der Waals surface area (Å²) in [6.45, 7) is 1.72. The maximum Gasteiger partial charge on any atom is 0.257 e. The van der Waals surface area contributed by atoms with E-state index in [4.69, 9.17) is 27.9 Å². The normalized spacial score (nSPS) is 10.2. The maximum absolute atomic E-state index is 12.8. The largest absolute Gasteiger partial charge is 0.484 e. The van der Waals surface area contributed by atoms with E-state index < -0.39 is 5.91 Å². The highest BCUT2D eigenvalue weighted by molar-refractivity contribution is 6.38. The van der Waals surface area contributed by atoms with Crippen molar-refractivity contribution in [1.82, 2.24) is 5.32 Å². The number of nitrogens with one attached hydrogen (secondary N) is 3. The Labute approximate surface area is 178 Å². The molecule has 0 atom stereocenters. The maximum atomic E-state index is 12.8. The Hall–Kier alpha value is -2.77. The number of rotatable bonds is 8. The van der Waals surface area contributed by atoms with Gasteiger partial charge in [0.2, 0.25) is 5.91 Å². The third-order valence-electron chi connectivity index (χ3n) is 3.78. The molecule has 7 nitrogen and oxygen atoms in total. The molecule has 0 unspecified atom stereocenters. The Bertz CT molecular complexity index is 919. The van der Waals surface area contributed by atoms with Gasteiger partial charge >= 0.3 is 0 Å². The standard InChI is InChI=1S/C20H21Cl2N3O4/c1-3-5-17(26)25-19-15(8-12(21)9-16(19)22)20(28)24-13-6-4-7-14(10-13)29-11-18(27)23-2/h4,6-10H,3,5,11H2,1-2H3,(H,23,27)(H,24,28)(H,25,26). The number of carbonyl (C=O) groups is 3. The van der Waals surface area contributed by atoms with Gasteiger partial charge in [0.25, 0.3) is 11.8 Å². The van der Waals surface area contributed by atoms with E-state index >= 15 is 0 Å². The van der Waals surface area contributed by atoms with Crippen LogP contribution in [0.3, 0.4) is 0 Å². The van der Waals surface area contributed by atoms with Crippen LogP contribution in [0.1, 0.15) is 30.1 Å².